The van der Waals surface area contributed by atoms with Crippen LogP contribution in [0.2, 0.25) is 5.02 Å². The highest BCUT2D eigenvalue weighted by Gasteiger charge is 2.12. The van der Waals surface area contributed by atoms with Gasteiger partial charge in [0.2, 0.25) is 0 Å². The van der Waals surface area contributed by atoms with Crippen LogP contribution in [-0.4, -0.2) is 10.5 Å². The monoisotopic (exact) mass is 304 g/mol. The van der Waals surface area contributed by atoms with Gasteiger partial charge in [-0.25, -0.2) is 0 Å². The summed E-state index contributed by atoms with van der Waals surface area (Å²) >= 11 is 5.90. The van der Waals surface area contributed by atoms with Gasteiger partial charge in [0, 0.05) is 40.6 Å². The van der Waals surface area contributed by atoms with Gasteiger partial charge in [0.1, 0.15) is 11.5 Å². The van der Waals surface area contributed by atoms with Crippen LogP contribution in [-0.2, 0) is 6.54 Å². The highest BCUT2D eigenvalue weighted by atomic mass is 35.5. The van der Waals surface area contributed by atoms with Crippen LogP contribution in [0, 0.1) is 6.92 Å². The van der Waals surface area contributed by atoms with Crippen molar-refractivity contribution in [1.29, 1.82) is 0 Å². The Hall–Kier alpha value is -1.58. The summed E-state index contributed by atoms with van der Waals surface area (Å²) in [5, 5.41) is 4.15. The highest BCUT2D eigenvalue weighted by molar-refractivity contribution is 6.30. The summed E-state index contributed by atoms with van der Waals surface area (Å²) in [6, 6.07) is 9.31. The Morgan fingerprint density at radius 2 is 1.86 bits per heavy atom. The zero-order valence-corrected chi connectivity index (χ0v) is 13.7. The Labute approximate surface area is 131 Å². The second-order valence-corrected chi connectivity index (χ2v) is 6.53. The van der Waals surface area contributed by atoms with Crippen LogP contribution < -0.4 is 10.1 Å². The number of hydrogen-bond acceptors (Lipinski definition) is 3. The van der Waals surface area contributed by atoms with Gasteiger partial charge in [0.15, 0.2) is 0 Å². The van der Waals surface area contributed by atoms with E-state index in [0.29, 0.717) is 11.6 Å². The van der Waals surface area contributed by atoms with Gasteiger partial charge in [-0.05, 0) is 52.0 Å². The molecule has 0 atom stereocenters. The second kappa shape index (κ2) is 6.46. The average molecular weight is 305 g/mol. The van der Waals surface area contributed by atoms with Crippen LogP contribution in [0.5, 0.6) is 11.5 Å². The summed E-state index contributed by atoms with van der Waals surface area (Å²) < 4.78 is 5.97. The third-order valence-electron chi connectivity index (χ3n) is 2.93. The molecular weight excluding hydrogens is 284 g/mol. The summed E-state index contributed by atoms with van der Waals surface area (Å²) in [6.07, 6.45) is 1.86. The van der Waals surface area contributed by atoms with Crippen LogP contribution in [0.3, 0.4) is 0 Å². The number of rotatable bonds is 4. The summed E-state index contributed by atoms with van der Waals surface area (Å²) in [5.74, 6) is 1.59. The number of aryl methyl sites for hydroxylation is 1. The predicted octanol–water partition coefficient (Wildman–Crippen LogP) is 4.72. The quantitative estimate of drug-likeness (QED) is 0.887. The fourth-order valence-electron chi connectivity index (χ4n) is 1.78. The maximum atomic E-state index is 5.97. The Morgan fingerprint density at radius 3 is 2.48 bits per heavy atom. The molecule has 3 nitrogen and oxygen atoms in total. The van der Waals surface area contributed by atoms with Crippen molar-refractivity contribution in [2.24, 2.45) is 0 Å². The summed E-state index contributed by atoms with van der Waals surface area (Å²) in [6.45, 7) is 9.06. The Kier molecular flexibility index (Phi) is 4.86. The molecule has 0 aliphatic carbocycles. The number of halogens is 1. The number of nitrogens with zero attached hydrogens (tertiary/aromatic N) is 1. The SMILES string of the molecule is Cc1cc(Oc2ccc(Cl)cc2)c(CNC(C)(C)C)cn1. The minimum atomic E-state index is 0.0441. The molecule has 0 radical (unpaired) electrons. The number of ether oxygens (including phenoxy) is 1. The van der Waals surface area contributed by atoms with Crippen molar-refractivity contribution in [2.45, 2.75) is 39.8 Å². The van der Waals surface area contributed by atoms with E-state index in [1.54, 1.807) is 0 Å². The summed E-state index contributed by atoms with van der Waals surface area (Å²) in [5.41, 5.74) is 2.01. The van der Waals surface area contributed by atoms with Crippen LogP contribution in [0.15, 0.2) is 36.5 Å². The minimum absolute atomic E-state index is 0.0441. The van der Waals surface area contributed by atoms with Gasteiger partial charge in [-0.1, -0.05) is 11.6 Å². The molecule has 0 spiro atoms. The normalized spacial score (nSPS) is 11.5. The molecular formula is C17H21ClN2O. The van der Waals surface area contributed by atoms with E-state index in [9.17, 15) is 0 Å². The Bertz CT molecular complexity index is 603. The van der Waals surface area contributed by atoms with E-state index < -0.39 is 0 Å². The van der Waals surface area contributed by atoms with Gasteiger partial charge in [0.25, 0.3) is 0 Å². The molecule has 2 rings (SSSR count). The van der Waals surface area contributed by atoms with Crippen molar-refractivity contribution in [3.8, 4) is 11.5 Å². The van der Waals surface area contributed by atoms with Gasteiger partial charge >= 0.3 is 0 Å². The number of benzene rings is 1. The topological polar surface area (TPSA) is 34.1 Å². The van der Waals surface area contributed by atoms with Crippen LogP contribution in [0.1, 0.15) is 32.0 Å². The van der Waals surface area contributed by atoms with E-state index in [1.165, 1.54) is 0 Å². The standard InChI is InChI=1S/C17H21ClN2O/c1-12-9-16(21-15-7-5-14(18)6-8-15)13(10-19-12)11-20-17(2,3)4/h5-10,20H,11H2,1-4H3. The third kappa shape index (κ3) is 5.03. The highest BCUT2D eigenvalue weighted by Crippen LogP contribution is 2.27. The van der Waals surface area contributed by atoms with Crippen LogP contribution >= 0.6 is 11.6 Å². The molecule has 0 bridgehead atoms. The van der Waals surface area contributed by atoms with Gasteiger partial charge in [-0.2, -0.15) is 0 Å². The van der Waals surface area contributed by atoms with Gasteiger partial charge in [-0.3, -0.25) is 4.98 Å². The predicted molar refractivity (Wildman–Crippen MR) is 87.1 cm³/mol. The molecule has 112 valence electrons. The molecule has 0 saturated carbocycles. The number of aromatic nitrogens is 1. The molecule has 1 aromatic heterocycles. The summed E-state index contributed by atoms with van der Waals surface area (Å²) in [4.78, 5) is 4.36. The molecule has 0 unspecified atom stereocenters. The first-order chi connectivity index (χ1) is 9.83. The van der Waals surface area contributed by atoms with Crippen LogP contribution in [0.4, 0.5) is 0 Å². The van der Waals surface area contributed by atoms with E-state index in [1.807, 2.05) is 43.5 Å². The lowest BCUT2D eigenvalue weighted by atomic mass is 10.1. The molecule has 21 heavy (non-hydrogen) atoms. The number of pyridine rings is 1. The average Bonchev–Trinajstić information content (AvgIpc) is 2.39. The molecule has 0 fully saturated rings. The number of hydrogen-bond donors (Lipinski definition) is 1. The molecule has 0 aliphatic heterocycles. The van der Waals surface area contributed by atoms with Crippen molar-refractivity contribution < 1.29 is 4.74 Å². The fourth-order valence-corrected chi connectivity index (χ4v) is 1.91. The maximum Gasteiger partial charge on any atom is 0.135 e. The maximum absolute atomic E-state index is 5.97. The largest absolute Gasteiger partial charge is 0.457 e. The lowest BCUT2D eigenvalue weighted by molar-refractivity contribution is 0.413. The van der Waals surface area contributed by atoms with Crippen molar-refractivity contribution in [3.63, 3.8) is 0 Å². The molecule has 1 heterocycles. The second-order valence-electron chi connectivity index (χ2n) is 6.09. The van der Waals surface area contributed by atoms with Crippen LogP contribution in [0.25, 0.3) is 0 Å². The molecule has 1 aromatic carbocycles. The Balaban J connectivity index is 2.20. The molecule has 0 amide bonds. The summed E-state index contributed by atoms with van der Waals surface area (Å²) in [7, 11) is 0. The molecule has 0 aliphatic rings. The zero-order chi connectivity index (χ0) is 15.5. The lowest BCUT2D eigenvalue weighted by Crippen LogP contribution is -2.35. The Morgan fingerprint density at radius 1 is 1.19 bits per heavy atom. The van der Waals surface area contributed by atoms with E-state index in [4.69, 9.17) is 16.3 Å². The van der Waals surface area contributed by atoms with E-state index >= 15 is 0 Å². The van der Waals surface area contributed by atoms with Crippen molar-refractivity contribution in [2.75, 3.05) is 0 Å². The van der Waals surface area contributed by atoms with E-state index in [2.05, 4.69) is 31.1 Å². The van der Waals surface area contributed by atoms with Crippen molar-refractivity contribution in [3.05, 3.63) is 52.8 Å². The number of nitrogens with one attached hydrogen (secondary N) is 1. The zero-order valence-electron chi connectivity index (χ0n) is 12.9. The smallest absolute Gasteiger partial charge is 0.135 e. The first-order valence-corrected chi connectivity index (χ1v) is 7.35. The van der Waals surface area contributed by atoms with Gasteiger partial charge in [-0.15, -0.1) is 0 Å². The van der Waals surface area contributed by atoms with Crippen molar-refractivity contribution in [1.82, 2.24) is 10.3 Å². The molecule has 0 saturated heterocycles. The van der Waals surface area contributed by atoms with Gasteiger partial charge in [0.05, 0.1) is 0 Å². The van der Waals surface area contributed by atoms with Gasteiger partial charge < -0.3 is 10.1 Å². The third-order valence-corrected chi connectivity index (χ3v) is 3.18. The molecule has 4 heteroatoms. The minimum Gasteiger partial charge on any atom is -0.457 e. The van der Waals surface area contributed by atoms with E-state index in [-0.39, 0.29) is 5.54 Å². The lowest BCUT2D eigenvalue weighted by Gasteiger charge is -2.21. The molecule has 2 aromatic rings. The first-order valence-electron chi connectivity index (χ1n) is 6.97. The van der Waals surface area contributed by atoms with Crippen molar-refractivity contribution >= 4 is 11.6 Å². The molecule has 1 N–H and O–H groups in total. The first kappa shape index (κ1) is 15.8. The van der Waals surface area contributed by atoms with E-state index in [0.717, 1.165) is 22.8 Å². The fraction of sp³-hybridized carbons (Fsp3) is 0.353.